The minimum atomic E-state index is 0.0138. The fourth-order valence-corrected chi connectivity index (χ4v) is 2.99. The first-order valence-corrected chi connectivity index (χ1v) is 7.62. The summed E-state index contributed by atoms with van der Waals surface area (Å²) in [5, 5.41) is 0. The molecular weight excluding hydrogens is 276 g/mol. The van der Waals surface area contributed by atoms with Gasteiger partial charge in [-0.3, -0.25) is 9.78 Å². The fourth-order valence-electron chi connectivity index (χ4n) is 2.99. The molecule has 1 aliphatic rings. The van der Waals surface area contributed by atoms with E-state index in [-0.39, 0.29) is 5.78 Å². The Morgan fingerprint density at radius 3 is 2.95 bits per heavy atom. The van der Waals surface area contributed by atoms with Gasteiger partial charge in [-0.25, -0.2) is 9.97 Å². The summed E-state index contributed by atoms with van der Waals surface area (Å²) in [6.45, 7) is 5.33. The van der Waals surface area contributed by atoms with Crippen molar-refractivity contribution in [3.05, 3.63) is 47.5 Å². The fraction of sp³-hybridized carbons (Fsp3) is 0.412. The van der Waals surface area contributed by atoms with Crippen molar-refractivity contribution in [2.75, 3.05) is 18.0 Å². The van der Waals surface area contributed by atoms with E-state index < -0.39 is 0 Å². The molecule has 0 N–H and O–H groups in total. The van der Waals surface area contributed by atoms with Crippen LogP contribution in [0.3, 0.4) is 0 Å². The SMILES string of the molecule is CC(=O)c1cnc(N2CCC(Cc3cccnc3)C2)nc1C. The largest absolute Gasteiger partial charge is 0.341 e. The molecule has 0 amide bonds. The Hall–Kier alpha value is -2.30. The lowest BCUT2D eigenvalue weighted by molar-refractivity contribution is 0.101. The molecule has 0 radical (unpaired) electrons. The Bertz CT molecular complexity index is 672. The minimum Gasteiger partial charge on any atom is -0.341 e. The van der Waals surface area contributed by atoms with E-state index in [1.54, 1.807) is 19.3 Å². The first-order valence-electron chi connectivity index (χ1n) is 7.62. The molecule has 3 rings (SSSR count). The highest BCUT2D eigenvalue weighted by molar-refractivity contribution is 5.94. The zero-order valence-corrected chi connectivity index (χ0v) is 13.0. The molecule has 22 heavy (non-hydrogen) atoms. The molecule has 1 atom stereocenters. The van der Waals surface area contributed by atoms with Gasteiger partial charge in [-0.05, 0) is 44.2 Å². The second-order valence-electron chi connectivity index (χ2n) is 5.89. The first kappa shape index (κ1) is 14.6. The topological polar surface area (TPSA) is 59.0 Å². The van der Waals surface area contributed by atoms with Gasteiger partial charge < -0.3 is 4.90 Å². The molecule has 0 saturated carbocycles. The van der Waals surface area contributed by atoms with Gasteiger partial charge in [0.2, 0.25) is 5.95 Å². The van der Waals surface area contributed by atoms with Crippen LogP contribution >= 0.6 is 0 Å². The summed E-state index contributed by atoms with van der Waals surface area (Å²) in [6.07, 6.45) is 7.55. The molecule has 0 bridgehead atoms. The van der Waals surface area contributed by atoms with Crippen molar-refractivity contribution in [1.82, 2.24) is 15.0 Å². The van der Waals surface area contributed by atoms with Crippen molar-refractivity contribution in [3.63, 3.8) is 0 Å². The van der Waals surface area contributed by atoms with Crippen LogP contribution in [0.1, 0.15) is 35.0 Å². The molecule has 2 aromatic heterocycles. The normalized spacial score (nSPS) is 17.7. The molecule has 5 heteroatoms. The second kappa shape index (κ2) is 6.22. The van der Waals surface area contributed by atoms with Crippen molar-refractivity contribution in [3.8, 4) is 0 Å². The van der Waals surface area contributed by atoms with E-state index in [2.05, 4.69) is 25.9 Å². The van der Waals surface area contributed by atoms with Gasteiger partial charge in [-0.2, -0.15) is 0 Å². The van der Waals surface area contributed by atoms with Gasteiger partial charge in [-0.15, -0.1) is 0 Å². The Balaban J connectivity index is 1.67. The highest BCUT2D eigenvalue weighted by Crippen LogP contribution is 2.24. The van der Waals surface area contributed by atoms with Crippen LogP contribution in [0.2, 0.25) is 0 Å². The molecule has 114 valence electrons. The maximum absolute atomic E-state index is 11.5. The zero-order chi connectivity index (χ0) is 15.5. The lowest BCUT2D eigenvalue weighted by atomic mass is 10.0. The molecule has 1 unspecified atom stereocenters. The Kier molecular flexibility index (Phi) is 4.13. The van der Waals surface area contributed by atoms with Gasteiger partial charge in [0.25, 0.3) is 0 Å². The summed E-state index contributed by atoms with van der Waals surface area (Å²) < 4.78 is 0. The van der Waals surface area contributed by atoms with E-state index in [0.29, 0.717) is 11.5 Å². The smallest absolute Gasteiger partial charge is 0.225 e. The number of carbonyl (C=O) groups is 1. The van der Waals surface area contributed by atoms with Crippen LogP contribution in [0.25, 0.3) is 0 Å². The van der Waals surface area contributed by atoms with Gasteiger partial charge in [0, 0.05) is 31.7 Å². The van der Waals surface area contributed by atoms with Gasteiger partial charge in [0.15, 0.2) is 5.78 Å². The molecule has 0 aliphatic carbocycles. The molecule has 0 aromatic carbocycles. The van der Waals surface area contributed by atoms with Crippen LogP contribution in [0.4, 0.5) is 5.95 Å². The van der Waals surface area contributed by atoms with E-state index in [9.17, 15) is 4.79 Å². The van der Waals surface area contributed by atoms with Crippen molar-refractivity contribution in [2.24, 2.45) is 5.92 Å². The third kappa shape index (κ3) is 3.13. The molecule has 1 fully saturated rings. The van der Waals surface area contributed by atoms with Crippen molar-refractivity contribution in [2.45, 2.75) is 26.7 Å². The first-order chi connectivity index (χ1) is 10.6. The lowest BCUT2D eigenvalue weighted by Gasteiger charge is -2.17. The maximum Gasteiger partial charge on any atom is 0.225 e. The third-order valence-electron chi connectivity index (χ3n) is 4.16. The highest BCUT2D eigenvalue weighted by atomic mass is 16.1. The molecule has 1 aliphatic heterocycles. The number of aryl methyl sites for hydroxylation is 1. The van der Waals surface area contributed by atoms with Crippen LogP contribution in [0.5, 0.6) is 0 Å². The lowest BCUT2D eigenvalue weighted by Crippen LogP contribution is -2.23. The summed E-state index contributed by atoms with van der Waals surface area (Å²) in [5.74, 6) is 1.34. The molecule has 3 heterocycles. The van der Waals surface area contributed by atoms with E-state index in [0.717, 1.165) is 37.6 Å². The Morgan fingerprint density at radius 2 is 2.27 bits per heavy atom. The van der Waals surface area contributed by atoms with Crippen LogP contribution in [-0.4, -0.2) is 33.8 Å². The summed E-state index contributed by atoms with van der Waals surface area (Å²) >= 11 is 0. The van der Waals surface area contributed by atoms with Crippen LogP contribution < -0.4 is 4.90 Å². The van der Waals surface area contributed by atoms with Gasteiger partial charge in [0.05, 0.1) is 11.3 Å². The predicted octanol–water partition coefficient (Wildman–Crippen LogP) is 2.45. The highest BCUT2D eigenvalue weighted by Gasteiger charge is 2.25. The number of pyridine rings is 1. The average Bonchev–Trinajstić information content (AvgIpc) is 2.96. The number of Topliss-reactive ketones (excluding diaryl/α,β-unsaturated/α-hetero) is 1. The van der Waals surface area contributed by atoms with Crippen molar-refractivity contribution < 1.29 is 4.79 Å². The predicted molar refractivity (Wildman–Crippen MR) is 85.0 cm³/mol. The Morgan fingerprint density at radius 1 is 1.41 bits per heavy atom. The van der Waals surface area contributed by atoms with Gasteiger partial charge >= 0.3 is 0 Å². The summed E-state index contributed by atoms with van der Waals surface area (Å²) in [7, 11) is 0. The maximum atomic E-state index is 11.5. The number of hydrogen-bond acceptors (Lipinski definition) is 5. The zero-order valence-electron chi connectivity index (χ0n) is 13.0. The standard InChI is InChI=1S/C17H20N4O/c1-12-16(13(2)22)10-19-17(20-12)21-7-5-15(11-21)8-14-4-3-6-18-9-14/h3-4,6,9-10,15H,5,7-8,11H2,1-2H3. The summed E-state index contributed by atoms with van der Waals surface area (Å²) in [4.78, 5) is 26.7. The summed E-state index contributed by atoms with van der Waals surface area (Å²) in [5.41, 5.74) is 2.64. The molecule has 5 nitrogen and oxygen atoms in total. The van der Waals surface area contributed by atoms with Gasteiger partial charge in [0.1, 0.15) is 0 Å². The van der Waals surface area contributed by atoms with E-state index >= 15 is 0 Å². The van der Waals surface area contributed by atoms with Crippen molar-refractivity contribution >= 4 is 11.7 Å². The molecular formula is C17H20N4O. The number of hydrogen-bond donors (Lipinski definition) is 0. The number of anilines is 1. The van der Waals surface area contributed by atoms with E-state index in [1.807, 2.05) is 19.2 Å². The number of carbonyl (C=O) groups excluding carboxylic acids is 1. The van der Waals surface area contributed by atoms with Crippen molar-refractivity contribution in [1.29, 1.82) is 0 Å². The molecule has 0 spiro atoms. The van der Waals surface area contributed by atoms with Gasteiger partial charge in [-0.1, -0.05) is 6.07 Å². The van der Waals surface area contributed by atoms with Crippen LogP contribution in [0, 0.1) is 12.8 Å². The van der Waals surface area contributed by atoms with Crippen LogP contribution in [0.15, 0.2) is 30.7 Å². The number of rotatable bonds is 4. The number of nitrogens with zero attached hydrogens (tertiary/aromatic N) is 4. The quantitative estimate of drug-likeness (QED) is 0.811. The van der Waals surface area contributed by atoms with E-state index in [1.165, 1.54) is 5.56 Å². The summed E-state index contributed by atoms with van der Waals surface area (Å²) in [6, 6.07) is 4.10. The third-order valence-corrected chi connectivity index (χ3v) is 4.16. The Labute approximate surface area is 130 Å². The monoisotopic (exact) mass is 296 g/mol. The number of ketones is 1. The molecule has 1 saturated heterocycles. The van der Waals surface area contributed by atoms with E-state index in [4.69, 9.17) is 0 Å². The minimum absolute atomic E-state index is 0.0138. The van der Waals surface area contributed by atoms with Crippen LogP contribution in [-0.2, 0) is 6.42 Å². The average molecular weight is 296 g/mol. The second-order valence-corrected chi connectivity index (χ2v) is 5.89. The molecule has 2 aromatic rings. The number of aromatic nitrogens is 3.